The SMILES string of the molecule is CCC(CC)(CN)C(=O)NC1CC(=O)N(C(C)(C)C)C1. The quantitative estimate of drug-likeness (QED) is 0.798. The van der Waals surface area contributed by atoms with E-state index < -0.39 is 5.41 Å². The van der Waals surface area contributed by atoms with Gasteiger partial charge in [-0.1, -0.05) is 13.8 Å². The predicted molar refractivity (Wildman–Crippen MR) is 80.1 cm³/mol. The van der Waals surface area contributed by atoms with E-state index in [1.165, 1.54) is 0 Å². The van der Waals surface area contributed by atoms with Gasteiger partial charge in [-0.3, -0.25) is 9.59 Å². The number of rotatable bonds is 5. The molecule has 0 radical (unpaired) electrons. The molecule has 1 aliphatic rings. The van der Waals surface area contributed by atoms with Crippen molar-refractivity contribution in [3.05, 3.63) is 0 Å². The van der Waals surface area contributed by atoms with Crippen molar-refractivity contribution in [3.8, 4) is 0 Å². The molecule has 0 aliphatic carbocycles. The van der Waals surface area contributed by atoms with Gasteiger partial charge in [0.1, 0.15) is 0 Å². The van der Waals surface area contributed by atoms with E-state index in [9.17, 15) is 9.59 Å². The van der Waals surface area contributed by atoms with Crippen molar-refractivity contribution < 1.29 is 9.59 Å². The van der Waals surface area contributed by atoms with Crippen LogP contribution in [0.1, 0.15) is 53.9 Å². The summed E-state index contributed by atoms with van der Waals surface area (Å²) in [6, 6.07) is -0.0988. The lowest BCUT2D eigenvalue weighted by Gasteiger charge is -2.33. The molecule has 1 rings (SSSR count). The van der Waals surface area contributed by atoms with Crippen LogP contribution < -0.4 is 11.1 Å². The molecule has 0 aromatic carbocycles. The van der Waals surface area contributed by atoms with Crippen molar-refractivity contribution in [2.24, 2.45) is 11.1 Å². The highest BCUT2D eigenvalue weighted by Gasteiger charge is 2.40. The monoisotopic (exact) mass is 283 g/mol. The van der Waals surface area contributed by atoms with E-state index in [1.807, 2.05) is 39.5 Å². The fraction of sp³-hybridized carbons (Fsp3) is 0.867. The van der Waals surface area contributed by atoms with E-state index in [1.54, 1.807) is 0 Å². The molecule has 1 saturated heterocycles. The van der Waals surface area contributed by atoms with Crippen LogP contribution in [0.4, 0.5) is 0 Å². The minimum atomic E-state index is -0.502. The number of carbonyl (C=O) groups excluding carboxylic acids is 2. The molecule has 0 saturated carbocycles. The number of nitrogens with zero attached hydrogens (tertiary/aromatic N) is 1. The van der Waals surface area contributed by atoms with Crippen molar-refractivity contribution >= 4 is 11.8 Å². The van der Waals surface area contributed by atoms with Crippen LogP contribution in [0.15, 0.2) is 0 Å². The molecule has 0 spiro atoms. The van der Waals surface area contributed by atoms with Crippen molar-refractivity contribution in [3.63, 3.8) is 0 Å². The number of amides is 2. The van der Waals surface area contributed by atoms with Gasteiger partial charge >= 0.3 is 0 Å². The highest BCUT2D eigenvalue weighted by Crippen LogP contribution is 2.27. The van der Waals surface area contributed by atoms with E-state index in [0.29, 0.717) is 19.5 Å². The van der Waals surface area contributed by atoms with Crippen LogP contribution in [0.5, 0.6) is 0 Å². The summed E-state index contributed by atoms with van der Waals surface area (Å²) in [6.07, 6.45) is 1.82. The summed E-state index contributed by atoms with van der Waals surface area (Å²) in [5, 5.41) is 3.02. The predicted octanol–water partition coefficient (Wildman–Crippen LogP) is 1.27. The molecular formula is C15H29N3O2. The Kier molecular flexibility index (Phi) is 5.19. The minimum Gasteiger partial charge on any atom is -0.351 e. The second-order valence-electron chi connectivity index (χ2n) is 6.74. The Morgan fingerprint density at radius 2 is 1.90 bits per heavy atom. The minimum absolute atomic E-state index is 0.0152. The van der Waals surface area contributed by atoms with Crippen molar-refractivity contribution in [1.29, 1.82) is 0 Å². The third-order valence-electron chi connectivity index (χ3n) is 4.50. The molecule has 20 heavy (non-hydrogen) atoms. The molecule has 1 heterocycles. The van der Waals surface area contributed by atoms with Gasteiger partial charge in [0.15, 0.2) is 0 Å². The van der Waals surface area contributed by atoms with E-state index >= 15 is 0 Å². The van der Waals surface area contributed by atoms with Gasteiger partial charge in [-0.2, -0.15) is 0 Å². The average Bonchev–Trinajstić information content (AvgIpc) is 2.73. The molecule has 3 N–H and O–H groups in total. The van der Waals surface area contributed by atoms with Crippen LogP contribution in [-0.4, -0.2) is 41.4 Å². The fourth-order valence-electron chi connectivity index (χ4n) is 2.74. The molecule has 0 bridgehead atoms. The number of nitrogens with one attached hydrogen (secondary N) is 1. The molecule has 0 aromatic heterocycles. The van der Waals surface area contributed by atoms with Crippen molar-refractivity contribution in [2.75, 3.05) is 13.1 Å². The Morgan fingerprint density at radius 1 is 1.35 bits per heavy atom. The standard InChI is InChI=1S/C15H29N3O2/c1-6-15(7-2,10-16)13(20)17-11-8-12(19)18(9-11)14(3,4)5/h11H,6-10,16H2,1-5H3,(H,17,20). The third-order valence-corrected chi connectivity index (χ3v) is 4.50. The maximum atomic E-state index is 12.5. The zero-order chi connectivity index (χ0) is 15.6. The number of hydrogen-bond acceptors (Lipinski definition) is 3. The summed E-state index contributed by atoms with van der Waals surface area (Å²) in [4.78, 5) is 26.3. The average molecular weight is 283 g/mol. The molecule has 5 nitrogen and oxygen atoms in total. The zero-order valence-electron chi connectivity index (χ0n) is 13.5. The fourth-order valence-corrected chi connectivity index (χ4v) is 2.74. The Hall–Kier alpha value is -1.10. The zero-order valence-corrected chi connectivity index (χ0v) is 13.5. The molecule has 1 unspecified atom stereocenters. The van der Waals surface area contributed by atoms with Crippen LogP contribution in [-0.2, 0) is 9.59 Å². The lowest BCUT2D eigenvalue weighted by atomic mass is 9.81. The van der Waals surface area contributed by atoms with Gasteiger partial charge in [0.05, 0.1) is 11.5 Å². The topological polar surface area (TPSA) is 75.4 Å². The second-order valence-corrected chi connectivity index (χ2v) is 6.74. The highest BCUT2D eigenvalue weighted by molar-refractivity contribution is 5.85. The number of hydrogen-bond donors (Lipinski definition) is 2. The Balaban J connectivity index is 2.72. The molecule has 1 atom stereocenters. The molecular weight excluding hydrogens is 254 g/mol. The first-order valence-electron chi connectivity index (χ1n) is 7.51. The van der Waals surface area contributed by atoms with Crippen molar-refractivity contribution in [1.82, 2.24) is 10.2 Å². The number of nitrogens with two attached hydrogens (primary N) is 1. The first-order valence-corrected chi connectivity index (χ1v) is 7.51. The van der Waals surface area contributed by atoms with Crippen LogP contribution in [0, 0.1) is 5.41 Å². The Labute approximate surface area is 122 Å². The smallest absolute Gasteiger partial charge is 0.227 e. The van der Waals surface area contributed by atoms with Crippen LogP contribution in [0.2, 0.25) is 0 Å². The van der Waals surface area contributed by atoms with Gasteiger partial charge in [-0.25, -0.2) is 0 Å². The van der Waals surface area contributed by atoms with E-state index in [2.05, 4.69) is 5.32 Å². The van der Waals surface area contributed by atoms with Crippen LogP contribution in [0.25, 0.3) is 0 Å². The maximum absolute atomic E-state index is 12.5. The third kappa shape index (κ3) is 3.32. The highest BCUT2D eigenvalue weighted by atomic mass is 16.2. The Bertz CT molecular complexity index is 362. The van der Waals surface area contributed by atoms with Gasteiger partial charge in [0.25, 0.3) is 0 Å². The van der Waals surface area contributed by atoms with E-state index in [4.69, 9.17) is 5.73 Å². The normalized spacial score (nSPS) is 20.4. The summed E-state index contributed by atoms with van der Waals surface area (Å²) in [7, 11) is 0. The van der Waals surface area contributed by atoms with Gasteiger partial charge in [0.2, 0.25) is 11.8 Å². The molecule has 0 aromatic rings. The summed E-state index contributed by atoms with van der Waals surface area (Å²) in [5.74, 6) is 0.0905. The first kappa shape index (κ1) is 17.0. The lowest BCUT2D eigenvalue weighted by molar-refractivity contribution is -0.132. The van der Waals surface area contributed by atoms with E-state index in [-0.39, 0.29) is 23.4 Å². The summed E-state index contributed by atoms with van der Waals surface area (Å²) in [6.45, 7) is 10.9. The van der Waals surface area contributed by atoms with Gasteiger partial charge < -0.3 is 16.0 Å². The largest absolute Gasteiger partial charge is 0.351 e. The van der Waals surface area contributed by atoms with Gasteiger partial charge in [-0.15, -0.1) is 0 Å². The van der Waals surface area contributed by atoms with E-state index in [0.717, 1.165) is 12.8 Å². The summed E-state index contributed by atoms with van der Waals surface area (Å²) in [5.41, 5.74) is 5.09. The number of likely N-dealkylation sites (tertiary alicyclic amines) is 1. The van der Waals surface area contributed by atoms with Gasteiger partial charge in [0, 0.05) is 25.0 Å². The molecule has 5 heteroatoms. The first-order chi connectivity index (χ1) is 9.20. The Morgan fingerprint density at radius 3 is 2.25 bits per heavy atom. The van der Waals surface area contributed by atoms with Crippen LogP contribution >= 0.6 is 0 Å². The lowest BCUT2D eigenvalue weighted by Crippen LogP contribution is -2.50. The number of carbonyl (C=O) groups is 2. The molecule has 1 aliphatic heterocycles. The molecule has 2 amide bonds. The maximum Gasteiger partial charge on any atom is 0.227 e. The molecule has 1 fully saturated rings. The second kappa shape index (κ2) is 6.12. The summed E-state index contributed by atoms with van der Waals surface area (Å²) < 4.78 is 0. The summed E-state index contributed by atoms with van der Waals surface area (Å²) >= 11 is 0. The van der Waals surface area contributed by atoms with Crippen molar-refractivity contribution in [2.45, 2.75) is 65.5 Å². The van der Waals surface area contributed by atoms with Gasteiger partial charge in [-0.05, 0) is 33.6 Å². The molecule has 116 valence electrons. The van der Waals surface area contributed by atoms with Crippen LogP contribution in [0.3, 0.4) is 0 Å².